The molecular formula is C12H20ClF2N3O2. The Morgan fingerprint density at radius 2 is 2.10 bits per heavy atom. The van der Waals surface area contributed by atoms with Gasteiger partial charge in [-0.05, 0) is 12.8 Å². The summed E-state index contributed by atoms with van der Waals surface area (Å²) < 4.78 is 26.2. The molecular weight excluding hydrogens is 292 g/mol. The number of carbonyl (C=O) groups excluding carboxylic acids is 2. The molecule has 2 atom stereocenters. The van der Waals surface area contributed by atoms with Crippen LogP contribution in [0, 0.1) is 0 Å². The van der Waals surface area contributed by atoms with E-state index in [2.05, 4.69) is 10.6 Å². The third-order valence-electron chi connectivity index (χ3n) is 3.55. The Balaban J connectivity index is 0.00000200. The van der Waals surface area contributed by atoms with Crippen molar-refractivity contribution in [2.75, 3.05) is 19.6 Å². The van der Waals surface area contributed by atoms with Crippen LogP contribution in [0.2, 0.25) is 0 Å². The molecule has 2 N–H and O–H groups in total. The van der Waals surface area contributed by atoms with E-state index in [-0.39, 0.29) is 30.3 Å². The van der Waals surface area contributed by atoms with Gasteiger partial charge in [0.15, 0.2) is 0 Å². The van der Waals surface area contributed by atoms with Gasteiger partial charge in [0.05, 0.1) is 12.6 Å². The second-order valence-corrected chi connectivity index (χ2v) is 5.32. The van der Waals surface area contributed by atoms with Crippen molar-refractivity contribution in [1.82, 2.24) is 15.5 Å². The van der Waals surface area contributed by atoms with Crippen molar-refractivity contribution in [3.63, 3.8) is 0 Å². The van der Waals surface area contributed by atoms with Crippen LogP contribution in [0.1, 0.15) is 26.2 Å². The topological polar surface area (TPSA) is 61.4 Å². The van der Waals surface area contributed by atoms with Crippen LogP contribution in [-0.2, 0) is 9.59 Å². The number of nitrogens with zero attached hydrogens (tertiary/aromatic N) is 1. The third-order valence-corrected chi connectivity index (χ3v) is 3.55. The molecule has 8 heteroatoms. The molecule has 0 aromatic rings. The fraction of sp³-hybridized carbons (Fsp3) is 0.833. The first kappa shape index (κ1) is 17.1. The van der Waals surface area contributed by atoms with E-state index in [1.165, 1.54) is 6.92 Å². The summed E-state index contributed by atoms with van der Waals surface area (Å²) in [7, 11) is 0. The zero-order valence-corrected chi connectivity index (χ0v) is 12.1. The lowest BCUT2D eigenvalue weighted by Gasteiger charge is -2.34. The number of alkyl halides is 2. The van der Waals surface area contributed by atoms with Crippen molar-refractivity contribution < 1.29 is 18.4 Å². The van der Waals surface area contributed by atoms with E-state index in [0.717, 1.165) is 12.8 Å². The Morgan fingerprint density at radius 3 is 2.65 bits per heavy atom. The average Bonchev–Trinajstić information content (AvgIpc) is 2.68. The summed E-state index contributed by atoms with van der Waals surface area (Å²) in [5.41, 5.74) is 0. The number of piperidine rings is 1. The van der Waals surface area contributed by atoms with E-state index in [1.807, 2.05) is 0 Å². The highest BCUT2D eigenvalue weighted by Gasteiger charge is 2.44. The predicted octanol–water partition coefficient (Wildman–Crippen LogP) is 0.532. The first-order valence-corrected chi connectivity index (χ1v) is 6.54. The molecule has 5 nitrogen and oxygen atoms in total. The summed E-state index contributed by atoms with van der Waals surface area (Å²) in [5, 5.41) is 5.34. The van der Waals surface area contributed by atoms with E-state index in [4.69, 9.17) is 0 Å². The van der Waals surface area contributed by atoms with Crippen molar-refractivity contribution >= 4 is 24.2 Å². The second kappa shape index (κ2) is 6.67. The monoisotopic (exact) mass is 311 g/mol. The third kappa shape index (κ3) is 4.28. The van der Waals surface area contributed by atoms with E-state index < -0.39 is 24.9 Å². The Hall–Kier alpha value is -0.950. The van der Waals surface area contributed by atoms with Gasteiger partial charge in [-0.2, -0.15) is 0 Å². The Bertz CT molecular complexity index is 382. The highest BCUT2D eigenvalue weighted by Crippen LogP contribution is 2.26. The molecule has 0 aliphatic carbocycles. The number of hydrogen-bond donors (Lipinski definition) is 2. The smallest absolute Gasteiger partial charge is 0.262 e. The van der Waals surface area contributed by atoms with Gasteiger partial charge in [-0.3, -0.25) is 14.9 Å². The minimum absolute atomic E-state index is 0. The van der Waals surface area contributed by atoms with Crippen LogP contribution in [0.5, 0.6) is 0 Å². The lowest BCUT2D eigenvalue weighted by molar-refractivity contribution is -0.135. The lowest BCUT2D eigenvalue weighted by atomic mass is 10.0. The first-order chi connectivity index (χ1) is 8.87. The summed E-state index contributed by atoms with van der Waals surface area (Å²) in [6.45, 7) is 1.97. The standard InChI is InChI=1S/C12H19F2N3O2.ClH/c1-8(18)16-9-3-2-4-17(6-9)11(19)10-5-12(13,14)7-15-10;/h9-10,15H,2-7H2,1H3,(H,16,18);1H. The van der Waals surface area contributed by atoms with Gasteiger partial charge in [-0.25, -0.2) is 8.78 Å². The van der Waals surface area contributed by atoms with Crippen LogP contribution in [0.4, 0.5) is 8.78 Å². The maximum absolute atomic E-state index is 13.1. The molecule has 0 radical (unpaired) electrons. The van der Waals surface area contributed by atoms with Crippen LogP contribution in [-0.4, -0.2) is 54.4 Å². The molecule has 2 amide bonds. The largest absolute Gasteiger partial charge is 0.352 e. The van der Waals surface area contributed by atoms with Crippen molar-refractivity contribution in [2.45, 2.75) is 44.2 Å². The number of hydrogen-bond acceptors (Lipinski definition) is 3. The summed E-state index contributed by atoms with van der Waals surface area (Å²) in [5.74, 6) is -3.22. The highest BCUT2D eigenvalue weighted by atomic mass is 35.5. The molecule has 0 bridgehead atoms. The van der Waals surface area contributed by atoms with Gasteiger partial charge in [-0.1, -0.05) is 0 Å². The van der Waals surface area contributed by atoms with Gasteiger partial charge in [0.25, 0.3) is 5.92 Å². The zero-order valence-electron chi connectivity index (χ0n) is 11.3. The number of halogens is 3. The SMILES string of the molecule is CC(=O)NC1CCCN(C(=O)C2CC(F)(F)CN2)C1.Cl. The van der Waals surface area contributed by atoms with E-state index in [9.17, 15) is 18.4 Å². The molecule has 116 valence electrons. The lowest BCUT2D eigenvalue weighted by Crippen LogP contribution is -2.53. The number of amides is 2. The molecule has 2 fully saturated rings. The minimum Gasteiger partial charge on any atom is -0.352 e. The molecule has 2 rings (SSSR count). The first-order valence-electron chi connectivity index (χ1n) is 6.54. The minimum atomic E-state index is -2.80. The van der Waals surface area contributed by atoms with Gasteiger partial charge >= 0.3 is 0 Å². The summed E-state index contributed by atoms with van der Waals surface area (Å²) in [6.07, 6.45) is 1.16. The summed E-state index contributed by atoms with van der Waals surface area (Å²) in [4.78, 5) is 24.7. The molecule has 2 aliphatic rings. The van der Waals surface area contributed by atoms with Gasteiger partial charge < -0.3 is 10.2 Å². The van der Waals surface area contributed by atoms with E-state index in [0.29, 0.717) is 13.1 Å². The summed E-state index contributed by atoms with van der Waals surface area (Å²) >= 11 is 0. The predicted molar refractivity (Wildman–Crippen MR) is 72.0 cm³/mol. The number of likely N-dealkylation sites (tertiary alicyclic amines) is 1. The van der Waals surface area contributed by atoms with Crippen LogP contribution >= 0.6 is 12.4 Å². The number of rotatable bonds is 2. The Kier molecular flexibility index (Phi) is 5.70. The molecule has 0 aromatic carbocycles. The molecule has 0 saturated carbocycles. The van der Waals surface area contributed by atoms with E-state index in [1.54, 1.807) is 4.90 Å². The average molecular weight is 312 g/mol. The molecule has 2 saturated heterocycles. The van der Waals surface area contributed by atoms with E-state index >= 15 is 0 Å². The van der Waals surface area contributed by atoms with Crippen LogP contribution in [0.15, 0.2) is 0 Å². The molecule has 2 heterocycles. The number of carbonyl (C=O) groups is 2. The van der Waals surface area contributed by atoms with Crippen molar-refractivity contribution in [3.05, 3.63) is 0 Å². The van der Waals surface area contributed by atoms with Crippen LogP contribution in [0.25, 0.3) is 0 Å². The molecule has 2 unspecified atom stereocenters. The van der Waals surface area contributed by atoms with Crippen LogP contribution < -0.4 is 10.6 Å². The van der Waals surface area contributed by atoms with Gasteiger partial charge in [0.1, 0.15) is 0 Å². The quantitative estimate of drug-likeness (QED) is 0.782. The fourth-order valence-electron chi connectivity index (χ4n) is 2.69. The van der Waals surface area contributed by atoms with Crippen LogP contribution in [0.3, 0.4) is 0 Å². The zero-order chi connectivity index (χ0) is 14.0. The molecule has 0 aromatic heterocycles. The Labute approximate surface area is 122 Å². The molecule has 20 heavy (non-hydrogen) atoms. The fourth-order valence-corrected chi connectivity index (χ4v) is 2.69. The molecule has 2 aliphatic heterocycles. The van der Waals surface area contributed by atoms with Crippen molar-refractivity contribution in [3.8, 4) is 0 Å². The summed E-state index contributed by atoms with van der Waals surface area (Å²) in [6, 6.07) is -0.872. The highest BCUT2D eigenvalue weighted by molar-refractivity contribution is 5.85. The van der Waals surface area contributed by atoms with Crippen molar-refractivity contribution in [1.29, 1.82) is 0 Å². The maximum atomic E-state index is 13.1. The van der Waals surface area contributed by atoms with Gasteiger partial charge in [0, 0.05) is 32.5 Å². The normalized spacial score (nSPS) is 28.6. The van der Waals surface area contributed by atoms with Gasteiger partial charge in [0.2, 0.25) is 11.8 Å². The molecule has 0 spiro atoms. The number of nitrogens with one attached hydrogen (secondary N) is 2. The Morgan fingerprint density at radius 1 is 1.40 bits per heavy atom. The second-order valence-electron chi connectivity index (χ2n) is 5.32. The van der Waals surface area contributed by atoms with Crippen molar-refractivity contribution in [2.24, 2.45) is 0 Å². The maximum Gasteiger partial charge on any atom is 0.262 e. The van der Waals surface area contributed by atoms with Gasteiger partial charge in [-0.15, -0.1) is 12.4 Å².